The van der Waals surface area contributed by atoms with Crippen molar-refractivity contribution in [2.75, 3.05) is 26.2 Å². The molecule has 1 fully saturated rings. The van der Waals surface area contributed by atoms with E-state index in [-0.39, 0.29) is 11.5 Å². The first-order valence-electron chi connectivity index (χ1n) is 10.8. The van der Waals surface area contributed by atoms with Gasteiger partial charge in [0.2, 0.25) is 0 Å². The number of likely N-dealkylation sites (tertiary alicyclic amines) is 1. The molecule has 1 aliphatic rings. The summed E-state index contributed by atoms with van der Waals surface area (Å²) in [5, 5.41) is 9.84. The van der Waals surface area contributed by atoms with Crippen molar-refractivity contribution in [3.63, 3.8) is 0 Å². The van der Waals surface area contributed by atoms with E-state index in [0.717, 1.165) is 18.8 Å². The van der Waals surface area contributed by atoms with Crippen LogP contribution in [0, 0.1) is 5.92 Å². The van der Waals surface area contributed by atoms with Gasteiger partial charge in [0.05, 0.1) is 12.2 Å². The number of piperidine rings is 1. The first-order valence-corrected chi connectivity index (χ1v) is 10.8. The predicted octanol–water partition coefficient (Wildman–Crippen LogP) is 5.10. The van der Waals surface area contributed by atoms with E-state index in [4.69, 9.17) is 4.74 Å². The van der Waals surface area contributed by atoms with Crippen molar-refractivity contribution in [1.29, 1.82) is 0 Å². The molecule has 0 radical (unpaired) electrons. The lowest BCUT2D eigenvalue weighted by atomic mass is 9.90. The van der Waals surface area contributed by atoms with Crippen LogP contribution in [0.25, 0.3) is 0 Å². The molecule has 0 atom stereocenters. The molecule has 156 valence electrons. The van der Waals surface area contributed by atoms with E-state index in [9.17, 15) is 9.90 Å². The van der Waals surface area contributed by atoms with Gasteiger partial charge >= 0.3 is 0 Å². The number of rotatable bonds is 10. The Bertz CT molecular complexity index is 767. The maximum absolute atomic E-state index is 11.3. The van der Waals surface area contributed by atoms with Gasteiger partial charge in [-0.15, -0.1) is 0 Å². The normalized spacial score (nSPS) is 15.3. The minimum absolute atomic E-state index is 0.00864. The Kier molecular flexibility index (Phi) is 8.12. The second-order valence-corrected chi connectivity index (χ2v) is 8.12. The summed E-state index contributed by atoms with van der Waals surface area (Å²) in [7, 11) is 0. The molecule has 0 unspecified atom stereocenters. The van der Waals surface area contributed by atoms with E-state index in [1.807, 2.05) is 0 Å². The highest BCUT2D eigenvalue weighted by Gasteiger charge is 2.18. The minimum atomic E-state index is -0.141. The summed E-state index contributed by atoms with van der Waals surface area (Å²) in [6.07, 6.45) is 7.16. The summed E-state index contributed by atoms with van der Waals surface area (Å²) >= 11 is 0. The predicted molar refractivity (Wildman–Crippen MR) is 117 cm³/mol. The molecular weight excluding hydrogens is 362 g/mol. The number of ether oxygens (including phenoxy) is 1. The second-order valence-electron chi connectivity index (χ2n) is 8.12. The van der Waals surface area contributed by atoms with E-state index in [1.165, 1.54) is 63.9 Å². The molecule has 0 aliphatic carbocycles. The zero-order valence-corrected chi connectivity index (χ0v) is 17.5. The monoisotopic (exact) mass is 395 g/mol. The summed E-state index contributed by atoms with van der Waals surface area (Å²) < 4.78 is 5.70. The zero-order chi connectivity index (χ0) is 20.5. The van der Waals surface area contributed by atoms with Crippen molar-refractivity contribution in [1.82, 2.24) is 4.90 Å². The van der Waals surface area contributed by atoms with Crippen LogP contribution in [0.2, 0.25) is 0 Å². The fourth-order valence-corrected chi connectivity index (χ4v) is 4.06. The molecule has 0 aromatic heterocycles. The molecule has 4 heteroatoms. The Labute approximate surface area is 174 Å². The van der Waals surface area contributed by atoms with Crippen molar-refractivity contribution in [3.8, 4) is 11.5 Å². The molecular formula is C25H33NO3. The highest BCUT2D eigenvalue weighted by molar-refractivity contribution is 5.96. The molecule has 2 aromatic rings. The molecule has 0 bridgehead atoms. The maximum Gasteiger partial charge on any atom is 0.163 e. The van der Waals surface area contributed by atoms with E-state index < -0.39 is 0 Å². The average molecular weight is 396 g/mol. The number of unbranched alkanes of at least 4 members (excludes halogenated alkanes) is 2. The number of nitrogens with zero attached hydrogens (tertiary/aromatic N) is 1. The van der Waals surface area contributed by atoms with E-state index in [1.54, 1.807) is 12.1 Å². The molecule has 1 heterocycles. The minimum Gasteiger partial charge on any atom is -0.507 e. The largest absolute Gasteiger partial charge is 0.507 e. The molecule has 0 saturated carbocycles. The molecule has 4 nitrogen and oxygen atoms in total. The van der Waals surface area contributed by atoms with Crippen LogP contribution in [0.4, 0.5) is 0 Å². The van der Waals surface area contributed by atoms with Gasteiger partial charge in [-0.25, -0.2) is 0 Å². The van der Waals surface area contributed by atoms with Crippen molar-refractivity contribution in [2.24, 2.45) is 5.92 Å². The number of phenols is 1. The Balaban J connectivity index is 1.25. The molecule has 3 rings (SSSR count). The number of phenolic OH excluding ortho intramolecular Hbond substituents is 1. The van der Waals surface area contributed by atoms with Gasteiger partial charge < -0.3 is 14.7 Å². The molecule has 0 amide bonds. The lowest BCUT2D eigenvalue weighted by Crippen LogP contribution is -2.35. The third-order valence-electron chi connectivity index (χ3n) is 5.81. The summed E-state index contributed by atoms with van der Waals surface area (Å²) in [6, 6.07) is 15.7. The number of Topliss-reactive ketones (excluding diaryl/α,β-unsaturated/α-hetero) is 1. The fourth-order valence-electron chi connectivity index (χ4n) is 4.06. The number of aromatic hydroxyl groups is 1. The first kappa shape index (κ1) is 21.4. The number of hydrogen-bond acceptors (Lipinski definition) is 4. The van der Waals surface area contributed by atoms with Gasteiger partial charge in [0.25, 0.3) is 0 Å². The van der Waals surface area contributed by atoms with Gasteiger partial charge in [0.1, 0.15) is 11.5 Å². The number of benzene rings is 2. The molecule has 2 aromatic carbocycles. The van der Waals surface area contributed by atoms with E-state index >= 15 is 0 Å². The van der Waals surface area contributed by atoms with Crippen molar-refractivity contribution in [2.45, 2.75) is 45.4 Å². The highest BCUT2D eigenvalue weighted by atomic mass is 16.5. The SMILES string of the molecule is CC(=O)c1ccc(OCCCCCN2CCC(Cc3ccccc3)CC2)cc1O. The molecule has 1 saturated heterocycles. The van der Waals surface area contributed by atoms with E-state index in [0.29, 0.717) is 17.9 Å². The average Bonchev–Trinajstić information content (AvgIpc) is 2.72. The Morgan fingerprint density at radius 1 is 1.07 bits per heavy atom. The van der Waals surface area contributed by atoms with Crippen LogP contribution in [0.1, 0.15) is 54.9 Å². The summed E-state index contributed by atoms with van der Waals surface area (Å²) in [4.78, 5) is 13.9. The summed E-state index contributed by atoms with van der Waals surface area (Å²) in [6.45, 7) is 5.69. The van der Waals surface area contributed by atoms with Crippen LogP contribution in [-0.2, 0) is 6.42 Å². The van der Waals surface area contributed by atoms with Crippen LogP contribution in [0.5, 0.6) is 11.5 Å². The highest BCUT2D eigenvalue weighted by Crippen LogP contribution is 2.24. The third kappa shape index (κ3) is 6.90. The second kappa shape index (κ2) is 11.0. The standard InChI is InChI=1S/C25H33NO3/c1-20(27)24-11-10-23(19-25(24)28)29-17-7-3-6-14-26-15-12-22(13-16-26)18-21-8-4-2-5-9-21/h2,4-5,8-11,19,22,28H,3,6-7,12-18H2,1H3. The fraction of sp³-hybridized carbons (Fsp3) is 0.480. The Hall–Kier alpha value is -2.33. The van der Waals surface area contributed by atoms with Gasteiger partial charge in [-0.1, -0.05) is 30.3 Å². The van der Waals surface area contributed by atoms with Gasteiger partial charge in [-0.05, 0) is 88.7 Å². The molecule has 1 aliphatic heterocycles. The van der Waals surface area contributed by atoms with E-state index in [2.05, 4.69) is 35.2 Å². The quantitative estimate of drug-likeness (QED) is 0.449. The summed E-state index contributed by atoms with van der Waals surface area (Å²) in [5.41, 5.74) is 1.81. The lowest BCUT2D eigenvalue weighted by molar-refractivity contribution is 0.101. The Morgan fingerprint density at radius 2 is 1.83 bits per heavy atom. The van der Waals surface area contributed by atoms with Gasteiger partial charge in [-0.2, -0.15) is 0 Å². The summed E-state index contributed by atoms with van der Waals surface area (Å²) in [5.74, 6) is 1.30. The maximum atomic E-state index is 11.3. The van der Waals surface area contributed by atoms with Crippen LogP contribution in [0.15, 0.2) is 48.5 Å². The lowest BCUT2D eigenvalue weighted by Gasteiger charge is -2.32. The van der Waals surface area contributed by atoms with Crippen LogP contribution in [0.3, 0.4) is 0 Å². The topological polar surface area (TPSA) is 49.8 Å². The zero-order valence-electron chi connectivity index (χ0n) is 17.5. The number of ketones is 1. The van der Waals surface area contributed by atoms with Crippen LogP contribution < -0.4 is 4.74 Å². The number of carbonyl (C=O) groups excluding carboxylic acids is 1. The third-order valence-corrected chi connectivity index (χ3v) is 5.81. The molecule has 29 heavy (non-hydrogen) atoms. The van der Waals surface area contributed by atoms with Gasteiger partial charge in [-0.3, -0.25) is 4.79 Å². The molecule has 1 N–H and O–H groups in total. The number of hydrogen-bond donors (Lipinski definition) is 1. The molecule has 0 spiro atoms. The number of carbonyl (C=O) groups is 1. The van der Waals surface area contributed by atoms with Crippen LogP contribution in [-0.4, -0.2) is 42.0 Å². The van der Waals surface area contributed by atoms with Crippen molar-refractivity contribution >= 4 is 5.78 Å². The van der Waals surface area contributed by atoms with Gasteiger partial charge in [0, 0.05) is 6.07 Å². The van der Waals surface area contributed by atoms with Crippen LogP contribution >= 0.6 is 0 Å². The van der Waals surface area contributed by atoms with Crippen molar-refractivity contribution < 1.29 is 14.6 Å². The smallest absolute Gasteiger partial charge is 0.163 e. The van der Waals surface area contributed by atoms with Gasteiger partial charge in [0.15, 0.2) is 5.78 Å². The Morgan fingerprint density at radius 3 is 2.52 bits per heavy atom. The first-order chi connectivity index (χ1) is 14.1. The van der Waals surface area contributed by atoms with Crippen molar-refractivity contribution in [3.05, 3.63) is 59.7 Å².